The number of fused-ring (bicyclic) bond motifs is 4. The molecule has 4 rings (SSSR count). The summed E-state index contributed by atoms with van der Waals surface area (Å²) in [5, 5.41) is 18.8. The van der Waals surface area contributed by atoms with Gasteiger partial charge < -0.3 is 9.69 Å². The van der Waals surface area contributed by atoms with Gasteiger partial charge in [0.1, 0.15) is 12.1 Å². The van der Waals surface area contributed by atoms with E-state index in [-0.39, 0.29) is 11.7 Å². The Balaban J connectivity index is 1.91. The predicted octanol–water partition coefficient (Wildman–Crippen LogP) is 5.04. The molecule has 0 fully saturated rings. The summed E-state index contributed by atoms with van der Waals surface area (Å²) in [5.74, 6) is -0.479. The normalized spacial score (nSPS) is 18.0. The lowest BCUT2D eigenvalue weighted by Gasteiger charge is -2.21. The van der Waals surface area contributed by atoms with Gasteiger partial charge in [0.25, 0.3) is 0 Å². The minimum absolute atomic E-state index is 0.239. The second-order valence-electron chi connectivity index (χ2n) is 7.67. The average molecular weight is 429 g/mol. The third-order valence-electron chi connectivity index (χ3n) is 5.18. The molecule has 0 atom stereocenters. The fourth-order valence-electron chi connectivity index (χ4n) is 3.89. The number of rotatable bonds is 2. The van der Waals surface area contributed by atoms with Crippen molar-refractivity contribution >= 4 is 55.8 Å². The molecular weight excluding hydrogens is 416 g/mol. The van der Waals surface area contributed by atoms with Crippen LogP contribution in [0, 0.1) is 35.8 Å². The topological polar surface area (TPSA) is 107 Å². The van der Waals surface area contributed by atoms with E-state index in [0.29, 0.717) is 10.3 Å². The van der Waals surface area contributed by atoms with Gasteiger partial charge in [0.15, 0.2) is 0 Å². The number of aliphatic imine (C=N–C) groups is 2. The monoisotopic (exact) mass is 428 g/mol. The van der Waals surface area contributed by atoms with Crippen molar-refractivity contribution in [2.45, 2.75) is 38.5 Å². The fraction of sp³-hybridized carbons (Fsp3) is 0.300. The second-order valence-corrected chi connectivity index (χ2v) is 9.62. The van der Waals surface area contributed by atoms with Crippen molar-refractivity contribution in [3.8, 4) is 12.1 Å². The molecule has 0 bridgehead atoms. The highest BCUT2D eigenvalue weighted by molar-refractivity contribution is 7.18. The largest absolute Gasteiger partial charge is 0.352 e. The summed E-state index contributed by atoms with van der Waals surface area (Å²) in [4.78, 5) is 25.7. The summed E-state index contributed by atoms with van der Waals surface area (Å²) in [6.45, 7) is 22.4. The molecule has 144 valence electrons. The third-order valence-corrected chi connectivity index (χ3v) is 7.12. The van der Waals surface area contributed by atoms with E-state index in [1.807, 2.05) is 0 Å². The summed E-state index contributed by atoms with van der Waals surface area (Å²) in [5.41, 5.74) is 3.14. The Kier molecular flexibility index (Phi) is 4.19. The van der Waals surface area contributed by atoms with Crippen LogP contribution in [0.2, 0.25) is 0 Å². The molecule has 0 N–H and O–H groups in total. The van der Waals surface area contributed by atoms with Crippen molar-refractivity contribution in [2.24, 2.45) is 9.98 Å². The lowest BCUT2D eigenvalue weighted by atomic mass is 9.84. The molecule has 0 unspecified atom stereocenters. The summed E-state index contributed by atoms with van der Waals surface area (Å²) in [6, 6.07) is 3.55. The molecule has 0 aromatic carbocycles. The molecule has 2 aromatic heterocycles. The van der Waals surface area contributed by atoms with E-state index >= 15 is 0 Å². The molecular formula is C20H12N8S2. The van der Waals surface area contributed by atoms with Crippen LogP contribution in [0.4, 0.5) is 10.3 Å². The van der Waals surface area contributed by atoms with Crippen LogP contribution in [0.15, 0.2) is 9.98 Å². The van der Waals surface area contributed by atoms with Crippen molar-refractivity contribution in [1.82, 2.24) is 9.97 Å². The maximum Gasteiger partial charge on any atom is 0.352 e. The highest BCUT2D eigenvalue weighted by Crippen LogP contribution is 2.65. The Morgan fingerprint density at radius 3 is 1.50 bits per heavy atom. The first-order chi connectivity index (χ1) is 14.2. The van der Waals surface area contributed by atoms with Crippen LogP contribution in [0.5, 0.6) is 0 Å². The Labute approximate surface area is 180 Å². The minimum Gasteiger partial charge on any atom is -0.351 e. The first-order valence-electron chi connectivity index (χ1n) is 8.70. The van der Waals surface area contributed by atoms with Crippen molar-refractivity contribution in [1.29, 1.82) is 10.5 Å². The Morgan fingerprint density at radius 1 is 0.833 bits per heavy atom. The molecule has 0 aliphatic heterocycles. The van der Waals surface area contributed by atoms with E-state index in [0.717, 1.165) is 32.3 Å². The Hall–Kier alpha value is -3.70. The summed E-state index contributed by atoms with van der Waals surface area (Å²) < 4.78 is 0. The summed E-state index contributed by atoms with van der Waals surface area (Å²) in [7, 11) is 0. The van der Waals surface area contributed by atoms with E-state index in [1.54, 1.807) is 12.1 Å². The number of hydrogen-bond donors (Lipinski definition) is 0. The zero-order valence-corrected chi connectivity index (χ0v) is 18.0. The predicted molar refractivity (Wildman–Crippen MR) is 116 cm³/mol. The number of thiazole rings is 2. The van der Waals surface area contributed by atoms with E-state index in [4.69, 9.17) is 23.7 Å². The van der Waals surface area contributed by atoms with Crippen LogP contribution in [-0.2, 0) is 10.8 Å². The summed E-state index contributed by atoms with van der Waals surface area (Å²) in [6.07, 6.45) is 0. The van der Waals surface area contributed by atoms with Crippen molar-refractivity contribution in [3.05, 3.63) is 44.0 Å². The van der Waals surface area contributed by atoms with Crippen molar-refractivity contribution in [2.75, 3.05) is 0 Å². The highest BCUT2D eigenvalue weighted by atomic mass is 32.1. The number of nitrogens with zero attached hydrogens (tertiary/aromatic N) is 8. The van der Waals surface area contributed by atoms with Crippen LogP contribution < -0.4 is 0 Å². The van der Waals surface area contributed by atoms with Gasteiger partial charge in [-0.3, -0.25) is 0 Å². The minimum atomic E-state index is -0.423. The number of amidine groups is 2. The first kappa shape index (κ1) is 19.6. The Morgan fingerprint density at radius 2 is 1.20 bits per heavy atom. The lowest BCUT2D eigenvalue weighted by Crippen LogP contribution is -2.18. The molecule has 2 aromatic rings. The standard InChI is InChI=1S/C20H12N8S2/c1-19(2)11-12(14-15(19)27-17(30-14)25-9(7-21)23-5)20(3,4)16-13(11)29-18(28-16)26-10(8-22)24-6/h1-4H3. The van der Waals surface area contributed by atoms with Crippen LogP contribution in [0.1, 0.15) is 48.8 Å². The van der Waals surface area contributed by atoms with Gasteiger partial charge in [-0.2, -0.15) is 0 Å². The maximum absolute atomic E-state index is 9.00. The van der Waals surface area contributed by atoms with Crippen LogP contribution in [0.3, 0.4) is 0 Å². The third kappa shape index (κ3) is 2.52. The summed E-state index contributed by atoms with van der Waals surface area (Å²) >= 11 is 2.75. The van der Waals surface area contributed by atoms with Gasteiger partial charge >= 0.3 is 21.9 Å². The molecule has 8 nitrogen and oxygen atoms in total. The van der Waals surface area contributed by atoms with Crippen molar-refractivity contribution in [3.63, 3.8) is 0 Å². The van der Waals surface area contributed by atoms with Crippen LogP contribution in [0.25, 0.3) is 20.8 Å². The number of hydrogen-bond acceptors (Lipinski definition) is 8. The van der Waals surface area contributed by atoms with Gasteiger partial charge in [-0.05, 0) is 11.1 Å². The molecule has 10 heteroatoms. The van der Waals surface area contributed by atoms with Gasteiger partial charge in [0, 0.05) is 10.8 Å². The molecule has 2 aliphatic carbocycles. The molecule has 2 aliphatic rings. The Bertz CT molecular complexity index is 1250. The SMILES string of the molecule is [C-]#[N+]C(C#N)=Nc1nc2c(s1)C1=C(c3sc(N=C(C#N)[N+]#[C-])nc3C1(C)C)C2(C)C. The molecule has 0 radical (unpaired) electrons. The van der Waals surface area contributed by atoms with Gasteiger partial charge in [0.05, 0.1) is 21.1 Å². The van der Waals surface area contributed by atoms with E-state index in [2.05, 4.69) is 57.3 Å². The van der Waals surface area contributed by atoms with Crippen LogP contribution >= 0.6 is 22.7 Å². The van der Waals surface area contributed by atoms with Crippen LogP contribution in [-0.4, -0.2) is 21.6 Å². The van der Waals surface area contributed by atoms with E-state index < -0.39 is 10.8 Å². The zero-order chi connectivity index (χ0) is 21.8. The van der Waals surface area contributed by atoms with Gasteiger partial charge in [0.2, 0.25) is 0 Å². The quantitative estimate of drug-likeness (QED) is 0.379. The lowest BCUT2D eigenvalue weighted by molar-refractivity contribution is 0.674. The van der Waals surface area contributed by atoms with E-state index in [1.165, 1.54) is 22.7 Å². The molecule has 30 heavy (non-hydrogen) atoms. The molecule has 0 amide bonds. The highest BCUT2D eigenvalue weighted by Gasteiger charge is 2.54. The molecule has 0 saturated carbocycles. The number of aromatic nitrogens is 2. The number of allylic oxidation sites excluding steroid dienone is 2. The van der Waals surface area contributed by atoms with Crippen molar-refractivity contribution < 1.29 is 0 Å². The average Bonchev–Trinajstić information content (AvgIpc) is 3.40. The smallest absolute Gasteiger partial charge is 0.351 e. The fourth-order valence-corrected chi connectivity index (χ4v) is 6.50. The molecule has 0 saturated heterocycles. The van der Waals surface area contributed by atoms with E-state index in [9.17, 15) is 0 Å². The van der Waals surface area contributed by atoms with Gasteiger partial charge in [-0.1, -0.05) is 73.5 Å². The second kappa shape index (κ2) is 6.40. The van der Waals surface area contributed by atoms with Gasteiger partial charge in [-0.15, -0.1) is 0 Å². The molecule has 0 spiro atoms. The maximum atomic E-state index is 9.00. The van der Waals surface area contributed by atoms with Gasteiger partial charge in [-0.25, -0.2) is 20.5 Å². The zero-order valence-electron chi connectivity index (χ0n) is 16.4. The number of nitriles is 2. The first-order valence-corrected chi connectivity index (χ1v) is 10.3. The molecule has 2 heterocycles.